The number of nitrogens with two attached hydrogens (primary N) is 1. The summed E-state index contributed by atoms with van der Waals surface area (Å²) in [5, 5.41) is 0. The topological polar surface area (TPSA) is 29.3 Å². The van der Waals surface area contributed by atoms with Crippen molar-refractivity contribution in [3.05, 3.63) is 0 Å². The predicted molar refractivity (Wildman–Crippen MR) is 76.2 cm³/mol. The Morgan fingerprint density at radius 2 is 1.65 bits per heavy atom. The van der Waals surface area contributed by atoms with Crippen LogP contribution < -0.4 is 5.73 Å². The first kappa shape index (κ1) is 15.0. The maximum atomic E-state index is 6.18. The van der Waals surface area contributed by atoms with Gasteiger partial charge in [0.1, 0.15) is 0 Å². The first-order valence-electron chi connectivity index (χ1n) is 7.70. The van der Waals surface area contributed by atoms with Gasteiger partial charge in [0.2, 0.25) is 0 Å². The number of hydrogen-bond donors (Lipinski definition) is 1. The number of nitrogens with zero attached hydrogens (tertiary/aromatic N) is 1. The molecule has 1 saturated carbocycles. The van der Waals surface area contributed by atoms with E-state index >= 15 is 0 Å². The predicted octanol–water partition coefficient (Wildman–Crippen LogP) is 3.55. The molecule has 0 spiro atoms. The smallest absolute Gasteiger partial charge is 0.0334 e. The number of unbranched alkanes of at least 4 members (excludes halogenated alkanes) is 1. The van der Waals surface area contributed by atoms with E-state index in [1.54, 1.807) is 0 Å². The average Bonchev–Trinajstić information content (AvgIpc) is 3.14. The van der Waals surface area contributed by atoms with Crippen LogP contribution in [0.15, 0.2) is 0 Å². The molecule has 0 aromatic heterocycles. The second kappa shape index (κ2) is 7.38. The molecule has 0 aromatic rings. The van der Waals surface area contributed by atoms with Crippen LogP contribution in [0.5, 0.6) is 0 Å². The molecule has 0 atom stereocenters. The molecule has 17 heavy (non-hydrogen) atoms. The summed E-state index contributed by atoms with van der Waals surface area (Å²) >= 11 is 0. The van der Waals surface area contributed by atoms with Crippen LogP contribution in [0.3, 0.4) is 0 Å². The lowest BCUT2D eigenvalue weighted by Gasteiger charge is -2.44. The van der Waals surface area contributed by atoms with Crippen molar-refractivity contribution in [2.75, 3.05) is 13.1 Å². The summed E-state index contributed by atoms with van der Waals surface area (Å²) in [6.07, 6.45) is 10.5. The van der Waals surface area contributed by atoms with Crippen LogP contribution >= 0.6 is 0 Å². The third-order valence-corrected chi connectivity index (χ3v) is 4.16. The molecule has 0 saturated heterocycles. The van der Waals surface area contributed by atoms with E-state index in [0.29, 0.717) is 5.54 Å². The summed E-state index contributed by atoms with van der Waals surface area (Å²) < 4.78 is 0. The van der Waals surface area contributed by atoms with Crippen LogP contribution in [0.25, 0.3) is 0 Å². The third-order valence-electron chi connectivity index (χ3n) is 4.16. The molecule has 1 fully saturated rings. The van der Waals surface area contributed by atoms with Gasteiger partial charge in [0.15, 0.2) is 0 Å². The minimum atomic E-state index is 0.305. The van der Waals surface area contributed by atoms with Gasteiger partial charge in [-0.1, -0.05) is 40.0 Å². The first-order chi connectivity index (χ1) is 8.24. The van der Waals surface area contributed by atoms with E-state index in [4.69, 9.17) is 5.73 Å². The van der Waals surface area contributed by atoms with Crippen LogP contribution in [0.1, 0.15) is 72.1 Å². The molecular weight excluding hydrogens is 208 g/mol. The van der Waals surface area contributed by atoms with Gasteiger partial charge < -0.3 is 5.73 Å². The highest BCUT2D eigenvalue weighted by Crippen LogP contribution is 2.37. The Bertz CT molecular complexity index is 193. The molecule has 2 heteroatoms. The SMILES string of the molecule is CCCCN(C1CC1)C(CN)(CCC)CCC. The van der Waals surface area contributed by atoms with Crippen LogP contribution in [0.2, 0.25) is 0 Å². The fourth-order valence-electron chi connectivity index (χ4n) is 3.19. The largest absolute Gasteiger partial charge is 0.329 e. The van der Waals surface area contributed by atoms with Gasteiger partial charge in [-0.2, -0.15) is 0 Å². The van der Waals surface area contributed by atoms with Gasteiger partial charge in [-0.25, -0.2) is 0 Å². The van der Waals surface area contributed by atoms with Crippen LogP contribution in [0, 0.1) is 0 Å². The first-order valence-corrected chi connectivity index (χ1v) is 7.70. The van der Waals surface area contributed by atoms with E-state index in [1.165, 1.54) is 57.9 Å². The molecule has 1 aliphatic carbocycles. The van der Waals surface area contributed by atoms with Crippen molar-refractivity contribution in [2.45, 2.75) is 83.7 Å². The molecule has 0 amide bonds. The normalized spacial score (nSPS) is 16.8. The third kappa shape index (κ3) is 3.96. The summed E-state index contributed by atoms with van der Waals surface area (Å²) in [6, 6.07) is 0.850. The van der Waals surface area contributed by atoms with E-state index < -0.39 is 0 Å². The minimum absolute atomic E-state index is 0.305. The molecular formula is C15H32N2. The average molecular weight is 240 g/mol. The zero-order valence-electron chi connectivity index (χ0n) is 12.2. The Kier molecular flexibility index (Phi) is 6.50. The van der Waals surface area contributed by atoms with Crippen molar-refractivity contribution in [3.8, 4) is 0 Å². The van der Waals surface area contributed by atoms with Crippen LogP contribution in [-0.2, 0) is 0 Å². The Balaban J connectivity index is 2.73. The lowest BCUT2D eigenvalue weighted by Crippen LogP contribution is -2.55. The van der Waals surface area contributed by atoms with E-state index in [-0.39, 0.29) is 0 Å². The highest BCUT2D eigenvalue weighted by Gasteiger charge is 2.41. The van der Waals surface area contributed by atoms with Gasteiger partial charge in [0, 0.05) is 18.1 Å². The van der Waals surface area contributed by atoms with Crippen LogP contribution in [-0.4, -0.2) is 29.6 Å². The molecule has 0 radical (unpaired) electrons. The lowest BCUT2D eigenvalue weighted by molar-refractivity contribution is 0.0642. The minimum Gasteiger partial charge on any atom is -0.329 e. The van der Waals surface area contributed by atoms with Gasteiger partial charge in [-0.05, 0) is 38.6 Å². The van der Waals surface area contributed by atoms with Crippen molar-refractivity contribution in [1.29, 1.82) is 0 Å². The molecule has 1 rings (SSSR count). The van der Waals surface area contributed by atoms with Crippen molar-refractivity contribution < 1.29 is 0 Å². The highest BCUT2D eigenvalue weighted by molar-refractivity contribution is 4.98. The molecule has 102 valence electrons. The lowest BCUT2D eigenvalue weighted by atomic mass is 9.86. The fraction of sp³-hybridized carbons (Fsp3) is 1.00. The van der Waals surface area contributed by atoms with Crippen molar-refractivity contribution in [1.82, 2.24) is 4.90 Å². The fourth-order valence-corrected chi connectivity index (χ4v) is 3.19. The van der Waals surface area contributed by atoms with E-state index in [1.807, 2.05) is 0 Å². The highest BCUT2D eigenvalue weighted by atomic mass is 15.3. The van der Waals surface area contributed by atoms with E-state index in [9.17, 15) is 0 Å². The van der Waals surface area contributed by atoms with E-state index in [0.717, 1.165) is 12.6 Å². The Labute approximate surface area is 108 Å². The maximum absolute atomic E-state index is 6.18. The molecule has 1 aliphatic rings. The Hall–Kier alpha value is -0.0800. The van der Waals surface area contributed by atoms with Gasteiger partial charge in [-0.15, -0.1) is 0 Å². The molecule has 0 aliphatic heterocycles. The summed E-state index contributed by atoms with van der Waals surface area (Å²) in [7, 11) is 0. The van der Waals surface area contributed by atoms with Gasteiger partial charge in [0.25, 0.3) is 0 Å². The molecule has 0 unspecified atom stereocenters. The van der Waals surface area contributed by atoms with Gasteiger partial charge in [0.05, 0.1) is 0 Å². The van der Waals surface area contributed by atoms with E-state index in [2.05, 4.69) is 25.7 Å². The van der Waals surface area contributed by atoms with Gasteiger partial charge >= 0.3 is 0 Å². The Morgan fingerprint density at radius 3 is 2.00 bits per heavy atom. The number of rotatable bonds is 10. The number of hydrogen-bond acceptors (Lipinski definition) is 2. The standard InChI is InChI=1S/C15H32N2/c1-4-7-12-17(14-8-9-14)15(13-16,10-5-2)11-6-3/h14H,4-13,16H2,1-3H3. The second-order valence-corrected chi connectivity index (χ2v) is 5.71. The summed E-state index contributed by atoms with van der Waals surface area (Å²) in [5.74, 6) is 0. The zero-order chi connectivity index (χ0) is 12.7. The Morgan fingerprint density at radius 1 is 1.06 bits per heavy atom. The van der Waals surface area contributed by atoms with Crippen molar-refractivity contribution in [2.24, 2.45) is 5.73 Å². The van der Waals surface area contributed by atoms with Crippen molar-refractivity contribution in [3.63, 3.8) is 0 Å². The molecule has 0 bridgehead atoms. The molecule has 0 heterocycles. The monoisotopic (exact) mass is 240 g/mol. The molecule has 0 aromatic carbocycles. The maximum Gasteiger partial charge on any atom is 0.0334 e. The second-order valence-electron chi connectivity index (χ2n) is 5.71. The van der Waals surface area contributed by atoms with Crippen LogP contribution in [0.4, 0.5) is 0 Å². The quantitative estimate of drug-likeness (QED) is 0.633. The zero-order valence-corrected chi connectivity index (χ0v) is 12.2. The molecule has 2 N–H and O–H groups in total. The summed E-state index contributed by atoms with van der Waals surface area (Å²) in [4.78, 5) is 2.78. The summed E-state index contributed by atoms with van der Waals surface area (Å²) in [5.41, 5.74) is 6.48. The molecule has 2 nitrogen and oxygen atoms in total. The summed E-state index contributed by atoms with van der Waals surface area (Å²) in [6.45, 7) is 8.98. The van der Waals surface area contributed by atoms with Gasteiger partial charge in [-0.3, -0.25) is 4.90 Å². The van der Waals surface area contributed by atoms with Crippen molar-refractivity contribution >= 4 is 0 Å².